The highest BCUT2D eigenvalue weighted by Crippen LogP contribution is 2.29. The lowest BCUT2D eigenvalue weighted by Gasteiger charge is -2.31. The third-order valence-electron chi connectivity index (χ3n) is 3.58. The van der Waals surface area contributed by atoms with Gasteiger partial charge in [0, 0.05) is 12.7 Å². The minimum absolute atomic E-state index is 0.00745. The fourth-order valence-electron chi connectivity index (χ4n) is 2.14. The average molecular weight is 325 g/mol. The van der Waals surface area contributed by atoms with Gasteiger partial charge in [-0.05, 0) is 32.0 Å². The second-order valence-electron chi connectivity index (χ2n) is 5.50. The van der Waals surface area contributed by atoms with Gasteiger partial charge >= 0.3 is 6.09 Å². The minimum atomic E-state index is -1.25. The summed E-state index contributed by atoms with van der Waals surface area (Å²) < 4.78 is 32.4. The molecular formula is C15H17F2N3O3. The SMILES string of the molecule is COC(C)(C)C(NC(=O)O)c1ncc(-c2cc(F)ccc2F)[nH]1. The summed E-state index contributed by atoms with van der Waals surface area (Å²) in [5, 5.41) is 11.3. The first-order valence-electron chi connectivity index (χ1n) is 6.79. The van der Waals surface area contributed by atoms with Crippen molar-refractivity contribution in [2.24, 2.45) is 0 Å². The van der Waals surface area contributed by atoms with Crippen LogP contribution in [-0.4, -0.2) is 33.9 Å². The summed E-state index contributed by atoms with van der Waals surface area (Å²) in [6, 6.07) is 2.24. The number of nitrogens with zero attached hydrogens (tertiary/aromatic N) is 1. The number of rotatable bonds is 5. The molecule has 6 nitrogen and oxygen atoms in total. The number of imidazole rings is 1. The van der Waals surface area contributed by atoms with Crippen molar-refractivity contribution in [2.45, 2.75) is 25.5 Å². The van der Waals surface area contributed by atoms with Crippen LogP contribution in [0.1, 0.15) is 25.7 Å². The second-order valence-corrected chi connectivity index (χ2v) is 5.50. The predicted octanol–water partition coefficient (Wildman–Crippen LogP) is 3.09. The molecule has 1 aromatic heterocycles. The third-order valence-corrected chi connectivity index (χ3v) is 3.58. The minimum Gasteiger partial charge on any atom is -0.465 e. The zero-order valence-electron chi connectivity index (χ0n) is 12.9. The van der Waals surface area contributed by atoms with Crippen LogP contribution in [0.15, 0.2) is 24.4 Å². The van der Waals surface area contributed by atoms with E-state index in [-0.39, 0.29) is 17.1 Å². The summed E-state index contributed by atoms with van der Waals surface area (Å²) >= 11 is 0. The van der Waals surface area contributed by atoms with E-state index in [4.69, 9.17) is 9.84 Å². The van der Waals surface area contributed by atoms with E-state index >= 15 is 0 Å². The number of ether oxygens (including phenoxy) is 1. The number of hydrogen-bond donors (Lipinski definition) is 3. The number of H-pyrrole nitrogens is 1. The van der Waals surface area contributed by atoms with E-state index in [0.717, 1.165) is 18.2 Å². The molecule has 0 saturated heterocycles. The van der Waals surface area contributed by atoms with E-state index in [9.17, 15) is 13.6 Å². The summed E-state index contributed by atoms with van der Waals surface area (Å²) in [6.45, 7) is 3.36. The summed E-state index contributed by atoms with van der Waals surface area (Å²) in [4.78, 5) is 17.9. The maximum Gasteiger partial charge on any atom is 0.405 e. The van der Waals surface area contributed by atoms with Crippen molar-refractivity contribution < 1.29 is 23.4 Å². The molecule has 0 saturated carbocycles. The van der Waals surface area contributed by atoms with Gasteiger partial charge in [0.1, 0.15) is 23.5 Å². The third kappa shape index (κ3) is 3.65. The number of hydrogen-bond acceptors (Lipinski definition) is 3. The van der Waals surface area contributed by atoms with Crippen LogP contribution in [-0.2, 0) is 4.74 Å². The van der Waals surface area contributed by atoms with Crippen molar-refractivity contribution >= 4 is 6.09 Å². The van der Waals surface area contributed by atoms with Crippen LogP contribution in [0.2, 0.25) is 0 Å². The number of amides is 1. The highest BCUT2D eigenvalue weighted by Gasteiger charge is 2.34. The van der Waals surface area contributed by atoms with E-state index in [0.29, 0.717) is 0 Å². The fourth-order valence-corrected chi connectivity index (χ4v) is 2.14. The standard InChI is InChI=1S/C15H17F2N3O3/c1-15(2,23-3)12(20-14(21)22)13-18-7-11(19-13)9-6-8(16)4-5-10(9)17/h4-7,12,20H,1-3H3,(H,18,19)(H,21,22). The van der Waals surface area contributed by atoms with Gasteiger partial charge in [0.15, 0.2) is 0 Å². The van der Waals surface area contributed by atoms with E-state index in [1.165, 1.54) is 13.3 Å². The van der Waals surface area contributed by atoms with Crippen molar-refractivity contribution in [3.8, 4) is 11.3 Å². The molecule has 0 radical (unpaired) electrons. The van der Waals surface area contributed by atoms with Crippen LogP contribution >= 0.6 is 0 Å². The molecule has 0 aliphatic rings. The second kappa shape index (κ2) is 6.33. The van der Waals surface area contributed by atoms with Crippen molar-refractivity contribution in [1.29, 1.82) is 0 Å². The van der Waals surface area contributed by atoms with Crippen LogP contribution in [0.3, 0.4) is 0 Å². The molecule has 2 rings (SSSR count). The number of halogens is 2. The molecule has 0 aliphatic heterocycles. The smallest absolute Gasteiger partial charge is 0.405 e. The van der Waals surface area contributed by atoms with Gasteiger partial charge in [0.25, 0.3) is 0 Å². The van der Waals surface area contributed by atoms with Crippen molar-refractivity contribution in [3.63, 3.8) is 0 Å². The number of benzene rings is 1. The van der Waals surface area contributed by atoms with E-state index in [1.54, 1.807) is 13.8 Å². The van der Waals surface area contributed by atoms with Gasteiger partial charge in [0.2, 0.25) is 0 Å². The van der Waals surface area contributed by atoms with Crippen molar-refractivity contribution in [2.75, 3.05) is 7.11 Å². The summed E-state index contributed by atoms with van der Waals surface area (Å²) in [6.07, 6.45) is 0.0603. The van der Waals surface area contributed by atoms with Crippen molar-refractivity contribution in [1.82, 2.24) is 15.3 Å². The van der Waals surface area contributed by atoms with Gasteiger partial charge < -0.3 is 20.1 Å². The van der Waals surface area contributed by atoms with Crippen LogP contribution < -0.4 is 5.32 Å². The molecule has 0 spiro atoms. The first kappa shape index (κ1) is 16.9. The Kier molecular flexibility index (Phi) is 4.65. The molecule has 1 heterocycles. The predicted molar refractivity (Wildman–Crippen MR) is 78.9 cm³/mol. The molecule has 1 amide bonds. The zero-order valence-corrected chi connectivity index (χ0v) is 12.9. The number of aromatic nitrogens is 2. The van der Waals surface area contributed by atoms with E-state index in [2.05, 4.69) is 15.3 Å². The first-order chi connectivity index (χ1) is 10.7. The van der Waals surface area contributed by atoms with Crippen LogP contribution in [0.25, 0.3) is 11.3 Å². The number of methoxy groups -OCH3 is 1. The molecule has 1 unspecified atom stereocenters. The molecule has 1 aromatic carbocycles. The Labute approximate surface area is 131 Å². The van der Waals surface area contributed by atoms with Gasteiger partial charge in [-0.1, -0.05) is 0 Å². The largest absolute Gasteiger partial charge is 0.465 e. The highest BCUT2D eigenvalue weighted by molar-refractivity contribution is 5.65. The lowest BCUT2D eigenvalue weighted by Crippen LogP contribution is -2.43. The van der Waals surface area contributed by atoms with Gasteiger partial charge in [-0.2, -0.15) is 0 Å². The Morgan fingerprint density at radius 3 is 2.74 bits per heavy atom. The zero-order chi connectivity index (χ0) is 17.2. The van der Waals surface area contributed by atoms with Crippen LogP contribution in [0.4, 0.5) is 13.6 Å². The average Bonchev–Trinajstić information content (AvgIpc) is 2.96. The van der Waals surface area contributed by atoms with Gasteiger partial charge in [-0.15, -0.1) is 0 Å². The summed E-state index contributed by atoms with van der Waals surface area (Å²) in [5.74, 6) is -0.969. The van der Waals surface area contributed by atoms with Gasteiger partial charge in [-0.3, -0.25) is 0 Å². The Morgan fingerprint density at radius 2 is 2.13 bits per heavy atom. The first-order valence-corrected chi connectivity index (χ1v) is 6.79. The number of aromatic amines is 1. The van der Waals surface area contributed by atoms with E-state index < -0.39 is 29.4 Å². The molecule has 1 atom stereocenters. The molecular weight excluding hydrogens is 308 g/mol. The molecule has 0 aliphatic carbocycles. The summed E-state index contributed by atoms with van der Waals surface area (Å²) in [5.41, 5.74) is -0.664. The molecule has 8 heteroatoms. The lowest BCUT2D eigenvalue weighted by atomic mass is 9.98. The molecule has 0 fully saturated rings. The highest BCUT2D eigenvalue weighted by atomic mass is 19.1. The molecule has 23 heavy (non-hydrogen) atoms. The monoisotopic (exact) mass is 325 g/mol. The van der Waals surface area contributed by atoms with E-state index in [1.807, 2.05) is 0 Å². The number of carboxylic acid groups (broad SMARTS) is 1. The Morgan fingerprint density at radius 1 is 1.43 bits per heavy atom. The fraction of sp³-hybridized carbons (Fsp3) is 0.333. The quantitative estimate of drug-likeness (QED) is 0.788. The Hall–Kier alpha value is -2.48. The topological polar surface area (TPSA) is 87.2 Å². The Balaban J connectivity index is 2.42. The number of carbonyl (C=O) groups is 1. The van der Waals surface area contributed by atoms with Crippen LogP contribution in [0, 0.1) is 11.6 Å². The maximum atomic E-state index is 13.8. The lowest BCUT2D eigenvalue weighted by molar-refractivity contribution is -0.0120. The maximum absolute atomic E-state index is 13.8. The normalized spacial score (nSPS) is 12.9. The Bertz CT molecular complexity index is 716. The van der Waals surface area contributed by atoms with Gasteiger partial charge in [-0.25, -0.2) is 18.6 Å². The van der Waals surface area contributed by atoms with Crippen LogP contribution in [0.5, 0.6) is 0 Å². The van der Waals surface area contributed by atoms with Gasteiger partial charge in [0.05, 0.1) is 17.5 Å². The number of nitrogens with one attached hydrogen (secondary N) is 2. The molecule has 2 aromatic rings. The van der Waals surface area contributed by atoms with Crippen molar-refractivity contribution in [3.05, 3.63) is 41.9 Å². The molecule has 0 bridgehead atoms. The summed E-state index contributed by atoms with van der Waals surface area (Å²) in [7, 11) is 1.44. The molecule has 124 valence electrons. The molecule has 3 N–H and O–H groups in total.